The first kappa shape index (κ1) is 14.4. The second-order valence-electron chi connectivity index (χ2n) is 4.51. The molecule has 1 heterocycles. The fraction of sp³-hybridized carbons (Fsp3) is 0.267. The van der Waals surface area contributed by atoms with Crippen LogP contribution in [0.2, 0.25) is 0 Å². The minimum absolute atomic E-state index is 0.180. The molecule has 0 bridgehead atoms. The first-order chi connectivity index (χ1) is 9.74. The highest BCUT2D eigenvalue weighted by atomic mass is 19.1. The van der Waals surface area contributed by atoms with Crippen molar-refractivity contribution in [1.29, 1.82) is 0 Å². The lowest BCUT2D eigenvalue weighted by Crippen LogP contribution is -2.28. The van der Waals surface area contributed by atoms with Gasteiger partial charge in [-0.15, -0.1) is 0 Å². The molecule has 0 fully saturated rings. The van der Waals surface area contributed by atoms with Gasteiger partial charge in [-0.1, -0.05) is 6.07 Å². The predicted octanol–water partition coefficient (Wildman–Crippen LogP) is 2.37. The molecule has 0 radical (unpaired) electrons. The zero-order valence-electron chi connectivity index (χ0n) is 11.3. The Balaban J connectivity index is 2.14. The van der Waals surface area contributed by atoms with Crippen LogP contribution in [0.4, 0.5) is 4.39 Å². The summed E-state index contributed by atoms with van der Waals surface area (Å²) in [6, 6.07) is 8.15. The summed E-state index contributed by atoms with van der Waals surface area (Å²) in [4.78, 5) is 4.07. The summed E-state index contributed by atoms with van der Waals surface area (Å²) in [7, 11) is 1.56. The van der Waals surface area contributed by atoms with Crippen molar-refractivity contribution in [3.05, 3.63) is 59.7 Å². The fourth-order valence-electron chi connectivity index (χ4n) is 2.16. The second kappa shape index (κ2) is 6.98. The van der Waals surface area contributed by atoms with Gasteiger partial charge in [-0.2, -0.15) is 0 Å². The number of ether oxygens (including phenoxy) is 1. The monoisotopic (exact) mass is 275 g/mol. The van der Waals surface area contributed by atoms with E-state index in [2.05, 4.69) is 10.4 Å². The molecule has 106 valence electrons. The van der Waals surface area contributed by atoms with E-state index in [9.17, 15) is 4.39 Å². The number of hydrogen-bond acceptors (Lipinski definition) is 4. The van der Waals surface area contributed by atoms with Crippen LogP contribution in [0.1, 0.15) is 23.6 Å². The second-order valence-corrected chi connectivity index (χ2v) is 4.51. The molecule has 0 aliphatic rings. The Bertz CT molecular complexity index is 548. The number of nitrogens with one attached hydrogen (secondary N) is 1. The van der Waals surface area contributed by atoms with Gasteiger partial charge < -0.3 is 4.74 Å². The van der Waals surface area contributed by atoms with Crippen molar-refractivity contribution in [2.24, 2.45) is 5.84 Å². The normalized spacial score (nSPS) is 12.2. The Morgan fingerprint density at radius 3 is 2.90 bits per heavy atom. The maximum atomic E-state index is 13.4. The van der Waals surface area contributed by atoms with Gasteiger partial charge in [0.25, 0.3) is 0 Å². The molecule has 2 aromatic rings. The van der Waals surface area contributed by atoms with E-state index >= 15 is 0 Å². The molecule has 20 heavy (non-hydrogen) atoms. The molecule has 0 amide bonds. The van der Waals surface area contributed by atoms with Crippen LogP contribution in [-0.4, -0.2) is 12.1 Å². The molecular formula is C15H18FN3O. The van der Waals surface area contributed by atoms with Gasteiger partial charge in [-0.05, 0) is 42.7 Å². The lowest BCUT2D eigenvalue weighted by Gasteiger charge is -2.19. The summed E-state index contributed by atoms with van der Waals surface area (Å²) in [5.41, 5.74) is 4.56. The Morgan fingerprint density at radius 1 is 1.40 bits per heavy atom. The summed E-state index contributed by atoms with van der Waals surface area (Å²) in [6.07, 6.45) is 5.07. The van der Waals surface area contributed by atoms with Crippen molar-refractivity contribution in [1.82, 2.24) is 10.4 Å². The molecule has 0 aliphatic carbocycles. The van der Waals surface area contributed by atoms with Crippen LogP contribution in [0.5, 0.6) is 5.75 Å². The minimum Gasteiger partial charge on any atom is -0.496 e. The molecule has 0 saturated heterocycles. The molecular weight excluding hydrogens is 257 g/mol. The lowest BCUT2D eigenvalue weighted by atomic mass is 9.99. The van der Waals surface area contributed by atoms with Crippen molar-refractivity contribution in [2.45, 2.75) is 18.9 Å². The number of hydrogen-bond donors (Lipinski definition) is 2. The molecule has 0 aliphatic heterocycles. The molecule has 2 rings (SSSR count). The third-order valence-corrected chi connectivity index (χ3v) is 3.21. The van der Waals surface area contributed by atoms with Gasteiger partial charge in [0.2, 0.25) is 0 Å². The highest BCUT2D eigenvalue weighted by Crippen LogP contribution is 2.28. The minimum atomic E-state index is -0.303. The number of rotatable bonds is 6. The molecule has 1 unspecified atom stereocenters. The predicted molar refractivity (Wildman–Crippen MR) is 75.6 cm³/mol. The number of aryl methyl sites for hydroxylation is 1. The van der Waals surface area contributed by atoms with E-state index in [1.807, 2.05) is 18.3 Å². The van der Waals surface area contributed by atoms with Crippen LogP contribution >= 0.6 is 0 Å². The standard InChI is InChI=1S/C15H18FN3O/c1-20-15-7-5-12(16)9-13(15)14(19-17)6-4-11-3-2-8-18-10-11/h2-3,5,7-10,14,19H,4,6,17H2,1H3. The molecule has 1 aromatic heterocycles. The van der Waals surface area contributed by atoms with Crippen LogP contribution in [0.25, 0.3) is 0 Å². The Labute approximate surface area is 117 Å². The molecule has 1 aromatic carbocycles. The van der Waals surface area contributed by atoms with Crippen LogP contribution in [0, 0.1) is 5.82 Å². The van der Waals surface area contributed by atoms with E-state index in [0.29, 0.717) is 5.75 Å². The van der Waals surface area contributed by atoms with Gasteiger partial charge in [-0.25, -0.2) is 4.39 Å². The topological polar surface area (TPSA) is 60.2 Å². The number of aromatic nitrogens is 1. The van der Waals surface area contributed by atoms with Gasteiger partial charge in [0, 0.05) is 18.0 Å². The average Bonchev–Trinajstić information content (AvgIpc) is 2.49. The Hall–Kier alpha value is -1.98. The highest BCUT2D eigenvalue weighted by molar-refractivity contribution is 5.36. The van der Waals surface area contributed by atoms with Gasteiger partial charge in [0.15, 0.2) is 0 Å². The summed E-state index contributed by atoms with van der Waals surface area (Å²) < 4.78 is 18.7. The SMILES string of the molecule is COc1ccc(F)cc1C(CCc1cccnc1)NN. The van der Waals surface area contributed by atoms with Crippen molar-refractivity contribution in [3.63, 3.8) is 0 Å². The van der Waals surface area contributed by atoms with E-state index in [1.165, 1.54) is 12.1 Å². The molecule has 0 saturated carbocycles. The maximum absolute atomic E-state index is 13.4. The number of benzene rings is 1. The number of pyridine rings is 1. The van der Waals surface area contributed by atoms with Gasteiger partial charge in [0.05, 0.1) is 13.2 Å². The van der Waals surface area contributed by atoms with E-state index in [-0.39, 0.29) is 11.9 Å². The first-order valence-corrected chi connectivity index (χ1v) is 6.43. The Kier molecular flexibility index (Phi) is 5.03. The fourth-order valence-corrected chi connectivity index (χ4v) is 2.16. The van der Waals surface area contributed by atoms with E-state index in [1.54, 1.807) is 19.4 Å². The van der Waals surface area contributed by atoms with E-state index in [4.69, 9.17) is 10.6 Å². The molecule has 0 spiro atoms. The van der Waals surface area contributed by atoms with Crippen molar-refractivity contribution < 1.29 is 9.13 Å². The van der Waals surface area contributed by atoms with E-state index in [0.717, 1.165) is 24.0 Å². The number of halogens is 1. The van der Waals surface area contributed by atoms with Crippen molar-refractivity contribution >= 4 is 0 Å². The number of methoxy groups -OCH3 is 1. The van der Waals surface area contributed by atoms with Crippen LogP contribution in [0.3, 0.4) is 0 Å². The molecule has 3 N–H and O–H groups in total. The number of nitrogens with zero attached hydrogens (tertiary/aromatic N) is 1. The summed E-state index contributed by atoms with van der Waals surface area (Å²) in [5.74, 6) is 5.92. The average molecular weight is 275 g/mol. The number of hydrazine groups is 1. The zero-order chi connectivity index (χ0) is 14.4. The summed E-state index contributed by atoms with van der Waals surface area (Å²) in [6.45, 7) is 0. The van der Waals surface area contributed by atoms with Crippen molar-refractivity contribution in [2.75, 3.05) is 7.11 Å². The van der Waals surface area contributed by atoms with Gasteiger partial charge in [-0.3, -0.25) is 16.3 Å². The zero-order valence-corrected chi connectivity index (χ0v) is 11.3. The third-order valence-electron chi connectivity index (χ3n) is 3.21. The number of nitrogens with two attached hydrogens (primary N) is 1. The van der Waals surface area contributed by atoms with Crippen molar-refractivity contribution in [3.8, 4) is 5.75 Å². The third kappa shape index (κ3) is 3.53. The summed E-state index contributed by atoms with van der Waals surface area (Å²) in [5, 5.41) is 0. The highest BCUT2D eigenvalue weighted by Gasteiger charge is 2.15. The molecule has 4 nitrogen and oxygen atoms in total. The maximum Gasteiger partial charge on any atom is 0.123 e. The van der Waals surface area contributed by atoms with Crippen LogP contribution in [-0.2, 0) is 6.42 Å². The van der Waals surface area contributed by atoms with Crippen LogP contribution < -0.4 is 16.0 Å². The Morgan fingerprint density at radius 2 is 2.25 bits per heavy atom. The first-order valence-electron chi connectivity index (χ1n) is 6.43. The molecule has 1 atom stereocenters. The molecule has 5 heteroatoms. The van der Waals surface area contributed by atoms with Crippen LogP contribution in [0.15, 0.2) is 42.7 Å². The van der Waals surface area contributed by atoms with Gasteiger partial charge >= 0.3 is 0 Å². The summed E-state index contributed by atoms with van der Waals surface area (Å²) >= 11 is 0. The largest absolute Gasteiger partial charge is 0.496 e. The smallest absolute Gasteiger partial charge is 0.123 e. The van der Waals surface area contributed by atoms with E-state index < -0.39 is 0 Å². The van der Waals surface area contributed by atoms with Gasteiger partial charge in [0.1, 0.15) is 11.6 Å². The lowest BCUT2D eigenvalue weighted by molar-refractivity contribution is 0.394. The quantitative estimate of drug-likeness (QED) is 0.627.